The maximum atomic E-state index is 12.2. The largest absolute Gasteiger partial charge is 0.457 e. The number of esters is 1. The molecule has 0 spiro atoms. The SMILES string of the molecule is Cc1cc(C)n(CCC(=O)OCC(=O)c2ccc3c(c2)CCC(=O)N3)n1. The van der Waals surface area contributed by atoms with E-state index in [0.717, 1.165) is 22.6 Å². The van der Waals surface area contributed by atoms with Crippen molar-refractivity contribution in [2.24, 2.45) is 0 Å². The molecule has 1 aliphatic rings. The molecule has 7 nitrogen and oxygen atoms in total. The molecule has 2 heterocycles. The Morgan fingerprint density at radius 2 is 2.04 bits per heavy atom. The first-order chi connectivity index (χ1) is 12.4. The fourth-order valence-electron chi connectivity index (χ4n) is 2.96. The Hall–Kier alpha value is -2.96. The molecule has 0 fully saturated rings. The first kappa shape index (κ1) is 17.8. The molecule has 7 heteroatoms. The van der Waals surface area contributed by atoms with Gasteiger partial charge in [0.2, 0.25) is 5.91 Å². The van der Waals surface area contributed by atoms with Crippen molar-refractivity contribution < 1.29 is 19.1 Å². The zero-order valence-corrected chi connectivity index (χ0v) is 14.9. The summed E-state index contributed by atoms with van der Waals surface area (Å²) >= 11 is 0. The zero-order valence-electron chi connectivity index (χ0n) is 14.9. The van der Waals surface area contributed by atoms with Gasteiger partial charge < -0.3 is 10.1 Å². The Bertz CT molecular complexity index is 870. The van der Waals surface area contributed by atoms with Crippen LogP contribution < -0.4 is 5.32 Å². The van der Waals surface area contributed by atoms with Gasteiger partial charge in [-0.2, -0.15) is 5.10 Å². The summed E-state index contributed by atoms with van der Waals surface area (Å²) in [6, 6.07) is 7.04. The first-order valence-corrected chi connectivity index (χ1v) is 8.55. The highest BCUT2D eigenvalue weighted by Crippen LogP contribution is 2.23. The Labute approximate surface area is 151 Å². The number of ether oxygens (including phenoxy) is 1. The van der Waals surface area contributed by atoms with E-state index in [1.807, 2.05) is 19.9 Å². The van der Waals surface area contributed by atoms with E-state index in [0.29, 0.717) is 24.9 Å². The summed E-state index contributed by atoms with van der Waals surface area (Å²) in [6.45, 7) is 3.95. The predicted octanol–water partition coefficient (Wildman–Crippen LogP) is 2.20. The van der Waals surface area contributed by atoms with E-state index in [-0.39, 0.29) is 24.7 Å². The Morgan fingerprint density at radius 1 is 1.23 bits per heavy atom. The van der Waals surface area contributed by atoms with E-state index in [1.165, 1.54) is 0 Å². The Balaban J connectivity index is 1.51. The third kappa shape index (κ3) is 4.17. The summed E-state index contributed by atoms with van der Waals surface area (Å²) in [5.41, 5.74) is 4.01. The summed E-state index contributed by atoms with van der Waals surface area (Å²) in [5.74, 6) is -0.714. The second-order valence-corrected chi connectivity index (χ2v) is 6.40. The number of carbonyl (C=O) groups excluding carboxylic acids is 3. The molecule has 3 rings (SSSR count). The highest BCUT2D eigenvalue weighted by molar-refractivity contribution is 6.00. The van der Waals surface area contributed by atoms with E-state index >= 15 is 0 Å². The van der Waals surface area contributed by atoms with Gasteiger partial charge in [-0.05, 0) is 50.1 Å². The number of amides is 1. The van der Waals surface area contributed by atoms with Crippen LogP contribution in [0.4, 0.5) is 5.69 Å². The van der Waals surface area contributed by atoms with Crippen molar-refractivity contribution in [2.75, 3.05) is 11.9 Å². The summed E-state index contributed by atoms with van der Waals surface area (Å²) in [7, 11) is 0. The van der Waals surface area contributed by atoms with Gasteiger partial charge in [-0.3, -0.25) is 19.1 Å². The highest BCUT2D eigenvalue weighted by Gasteiger charge is 2.17. The topological polar surface area (TPSA) is 90.3 Å². The molecular weight excluding hydrogens is 334 g/mol. The van der Waals surface area contributed by atoms with Gasteiger partial charge in [0, 0.05) is 23.4 Å². The molecule has 0 saturated carbocycles. The van der Waals surface area contributed by atoms with Crippen molar-refractivity contribution in [3.05, 3.63) is 46.8 Å². The fourth-order valence-corrected chi connectivity index (χ4v) is 2.96. The number of fused-ring (bicyclic) bond motifs is 1. The Kier molecular flexibility index (Phi) is 5.16. The van der Waals surface area contributed by atoms with Gasteiger partial charge in [0.25, 0.3) is 0 Å². The smallest absolute Gasteiger partial charge is 0.308 e. The average molecular weight is 355 g/mol. The van der Waals surface area contributed by atoms with Gasteiger partial charge in [-0.25, -0.2) is 0 Å². The molecule has 0 bridgehead atoms. The fraction of sp³-hybridized carbons (Fsp3) is 0.368. The van der Waals surface area contributed by atoms with Crippen LogP contribution in [0, 0.1) is 13.8 Å². The summed E-state index contributed by atoms with van der Waals surface area (Å²) < 4.78 is 6.83. The molecule has 1 N–H and O–H groups in total. The van der Waals surface area contributed by atoms with Crippen LogP contribution in [-0.4, -0.2) is 34.0 Å². The second-order valence-electron chi connectivity index (χ2n) is 6.40. The average Bonchev–Trinajstić information content (AvgIpc) is 2.94. The molecule has 26 heavy (non-hydrogen) atoms. The van der Waals surface area contributed by atoms with Gasteiger partial charge in [0.1, 0.15) is 0 Å². The van der Waals surface area contributed by atoms with Crippen LogP contribution in [0.1, 0.15) is 40.2 Å². The maximum absolute atomic E-state index is 12.2. The number of hydrogen-bond donors (Lipinski definition) is 1. The molecule has 0 atom stereocenters. The predicted molar refractivity (Wildman–Crippen MR) is 95.0 cm³/mol. The number of aryl methyl sites for hydroxylation is 4. The maximum Gasteiger partial charge on any atom is 0.308 e. The summed E-state index contributed by atoms with van der Waals surface area (Å²) in [5, 5.41) is 7.05. The van der Waals surface area contributed by atoms with E-state index in [4.69, 9.17) is 4.74 Å². The third-order valence-electron chi connectivity index (χ3n) is 4.32. The zero-order chi connectivity index (χ0) is 18.7. The molecule has 1 aliphatic heterocycles. The van der Waals surface area contributed by atoms with E-state index in [2.05, 4.69) is 10.4 Å². The van der Waals surface area contributed by atoms with Gasteiger partial charge in [-0.1, -0.05) is 0 Å². The Morgan fingerprint density at radius 3 is 2.77 bits per heavy atom. The van der Waals surface area contributed by atoms with Gasteiger partial charge in [0.15, 0.2) is 12.4 Å². The molecule has 0 aliphatic carbocycles. The van der Waals surface area contributed by atoms with Crippen molar-refractivity contribution in [1.29, 1.82) is 0 Å². The van der Waals surface area contributed by atoms with Gasteiger partial charge in [-0.15, -0.1) is 0 Å². The van der Waals surface area contributed by atoms with Crippen LogP contribution in [0.25, 0.3) is 0 Å². The molecule has 0 saturated heterocycles. The number of aromatic nitrogens is 2. The monoisotopic (exact) mass is 355 g/mol. The van der Waals surface area contributed by atoms with E-state index in [1.54, 1.807) is 22.9 Å². The standard InChI is InChI=1S/C19H21N3O4/c1-12-9-13(2)22(21-12)8-7-19(25)26-11-17(23)15-3-5-16-14(10-15)4-6-18(24)20-16/h3,5,9-10H,4,6-8,11H2,1-2H3,(H,20,24). The summed E-state index contributed by atoms with van der Waals surface area (Å²) in [6.07, 6.45) is 1.17. The lowest BCUT2D eigenvalue weighted by Crippen LogP contribution is -2.20. The first-order valence-electron chi connectivity index (χ1n) is 8.55. The summed E-state index contributed by atoms with van der Waals surface area (Å²) in [4.78, 5) is 35.5. The number of Topliss-reactive ketones (excluding diaryl/α,β-unsaturated/α-hetero) is 1. The van der Waals surface area contributed by atoms with Crippen LogP contribution in [0.3, 0.4) is 0 Å². The van der Waals surface area contributed by atoms with Gasteiger partial charge >= 0.3 is 5.97 Å². The number of ketones is 1. The van der Waals surface area contributed by atoms with Crippen LogP contribution in [0.2, 0.25) is 0 Å². The van der Waals surface area contributed by atoms with Crippen molar-refractivity contribution in [3.63, 3.8) is 0 Å². The van der Waals surface area contributed by atoms with Crippen molar-refractivity contribution in [3.8, 4) is 0 Å². The molecule has 136 valence electrons. The van der Waals surface area contributed by atoms with Crippen molar-refractivity contribution in [2.45, 2.75) is 39.7 Å². The second kappa shape index (κ2) is 7.51. The van der Waals surface area contributed by atoms with E-state index < -0.39 is 5.97 Å². The number of rotatable bonds is 6. The third-order valence-corrected chi connectivity index (χ3v) is 4.32. The number of nitrogens with zero attached hydrogens (tertiary/aromatic N) is 2. The van der Waals surface area contributed by atoms with Crippen LogP contribution in [0.15, 0.2) is 24.3 Å². The minimum absolute atomic E-state index is 0.0203. The number of anilines is 1. The quantitative estimate of drug-likeness (QED) is 0.634. The lowest BCUT2D eigenvalue weighted by Gasteiger charge is -2.17. The minimum atomic E-state index is -0.434. The van der Waals surface area contributed by atoms with Crippen molar-refractivity contribution in [1.82, 2.24) is 9.78 Å². The lowest BCUT2D eigenvalue weighted by atomic mass is 9.99. The molecule has 1 amide bonds. The van der Waals surface area contributed by atoms with E-state index in [9.17, 15) is 14.4 Å². The highest BCUT2D eigenvalue weighted by atomic mass is 16.5. The number of hydrogen-bond acceptors (Lipinski definition) is 5. The molecule has 1 aromatic heterocycles. The normalized spacial score (nSPS) is 13.1. The molecule has 0 unspecified atom stereocenters. The van der Waals surface area contributed by atoms with Crippen LogP contribution >= 0.6 is 0 Å². The van der Waals surface area contributed by atoms with Crippen LogP contribution in [0.5, 0.6) is 0 Å². The van der Waals surface area contributed by atoms with Gasteiger partial charge in [0.05, 0.1) is 18.7 Å². The van der Waals surface area contributed by atoms with Crippen LogP contribution in [-0.2, 0) is 27.3 Å². The number of benzene rings is 1. The molecule has 0 radical (unpaired) electrons. The molecule has 1 aromatic carbocycles. The number of nitrogens with one attached hydrogen (secondary N) is 1. The lowest BCUT2D eigenvalue weighted by molar-refractivity contribution is -0.142. The minimum Gasteiger partial charge on any atom is -0.457 e. The number of carbonyl (C=O) groups is 3. The van der Waals surface area contributed by atoms with Crippen molar-refractivity contribution >= 4 is 23.3 Å². The molecular formula is C19H21N3O4. The molecule has 2 aromatic rings.